The van der Waals surface area contributed by atoms with Gasteiger partial charge in [-0.05, 0) is 11.8 Å². The second kappa shape index (κ2) is 3.49. The van der Waals surface area contributed by atoms with Gasteiger partial charge in [0.2, 0.25) is 5.92 Å². The molecule has 0 atom stereocenters. The van der Waals surface area contributed by atoms with E-state index in [1.54, 1.807) is 0 Å². The summed E-state index contributed by atoms with van der Waals surface area (Å²) < 4.78 is 25.2. The minimum Gasteiger partial charge on any atom is -0.207 e. The lowest BCUT2D eigenvalue weighted by Crippen LogP contribution is -2.47. The molecule has 0 aromatic carbocycles. The van der Waals surface area contributed by atoms with E-state index in [-0.39, 0.29) is 18.3 Å². The normalized spacial score (nSPS) is 25.0. The van der Waals surface area contributed by atoms with Crippen LogP contribution in [-0.2, 0) is 0 Å². The van der Waals surface area contributed by atoms with Crippen LogP contribution in [0.1, 0.15) is 39.0 Å². The molecule has 0 heterocycles. The van der Waals surface area contributed by atoms with Crippen LogP contribution in [0.4, 0.5) is 8.78 Å². The van der Waals surface area contributed by atoms with Gasteiger partial charge < -0.3 is 0 Å². The highest BCUT2D eigenvalue weighted by atomic mass is 35.5. The molecule has 0 aromatic rings. The fourth-order valence-corrected chi connectivity index (χ4v) is 2.26. The Morgan fingerprint density at radius 1 is 1.33 bits per heavy atom. The number of unbranched alkanes of at least 4 members (excludes halogenated alkanes) is 1. The van der Waals surface area contributed by atoms with E-state index in [4.69, 9.17) is 11.6 Å². The molecular formula is C9H15ClF2. The largest absolute Gasteiger partial charge is 0.249 e. The molecular weight excluding hydrogens is 182 g/mol. The first-order chi connectivity index (χ1) is 5.54. The van der Waals surface area contributed by atoms with Gasteiger partial charge >= 0.3 is 0 Å². The number of hydrogen-bond donors (Lipinski definition) is 0. The third-order valence-corrected chi connectivity index (χ3v) is 3.18. The topological polar surface area (TPSA) is 0 Å². The second-order valence-electron chi connectivity index (χ2n) is 3.95. The molecule has 12 heavy (non-hydrogen) atoms. The van der Waals surface area contributed by atoms with Gasteiger partial charge in [0.25, 0.3) is 0 Å². The smallest absolute Gasteiger partial charge is 0.207 e. The maximum Gasteiger partial charge on any atom is 0.249 e. The van der Waals surface area contributed by atoms with Crippen LogP contribution in [0.5, 0.6) is 0 Å². The van der Waals surface area contributed by atoms with Crippen molar-refractivity contribution in [3.8, 4) is 0 Å². The van der Waals surface area contributed by atoms with Crippen LogP contribution in [0.3, 0.4) is 0 Å². The van der Waals surface area contributed by atoms with Crippen molar-refractivity contribution in [3.63, 3.8) is 0 Å². The highest BCUT2D eigenvalue weighted by Crippen LogP contribution is 2.55. The Balaban J connectivity index is 2.36. The summed E-state index contributed by atoms with van der Waals surface area (Å²) in [6.07, 6.45) is 2.95. The lowest BCUT2D eigenvalue weighted by molar-refractivity contribution is -0.155. The highest BCUT2D eigenvalue weighted by Gasteiger charge is 2.55. The zero-order valence-corrected chi connectivity index (χ0v) is 8.13. The van der Waals surface area contributed by atoms with Crippen molar-refractivity contribution in [2.45, 2.75) is 45.0 Å². The molecule has 1 aliphatic carbocycles. The van der Waals surface area contributed by atoms with Crippen LogP contribution < -0.4 is 0 Å². The Bertz CT molecular complexity index is 149. The summed E-state index contributed by atoms with van der Waals surface area (Å²) in [4.78, 5) is 0. The first-order valence-corrected chi connectivity index (χ1v) is 5.01. The highest BCUT2D eigenvalue weighted by molar-refractivity contribution is 6.18. The molecule has 1 aliphatic rings. The van der Waals surface area contributed by atoms with E-state index in [9.17, 15) is 8.78 Å². The predicted molar refractivity (Wildman–Crippen MR) is 46.9 cm³/mol. The maximum atomic E-state index is 12.6. The summed E-state index contributed by atoms with van der Waals surface area (Å²) >= 11 is 5.69. The van der Waals surface area contributed by atoms with Gasteiger partial charge in [0.15, 0.2) is 0 Å². The Morgan fingerprint density at radius 2 is 1.92 bits per heavy atom. The van der Waals surface area contributed by atoms with Crippen LogP contribution in [0.25, 0.3) is 0 Å². The van der Waals surface area contributed by atoms with Gasteiger partial charge in [0.1, 0.15) is 0 Å². The molecule has 0 spiro atoms. The van der Waals surface area contributed by atoms with E-state index in [1.807, 2.05) is 0 Å². The molecule has 0 amide bonds. The van der Waals surface area contributed by atoms with Crippen molar-refractivity contribution >= 4 is 11.6 Å². The maximum absolute atomic E-state index is 12.6. The first kappa shape index (κ1) is 10.2. The number of rotatable bonds is 4. The molecule has 72 valence electrons. The van der Waals surface area contributed by atoms with Crippen LogP contribution in [0, 0.1) is 5.41 Å². The summed E-state index contributed by atoms with van der Waals surface area (Å²) in [6, 6.07) is 0. The van der Waals surface area contributed by atoms with Gasteiger partial charge in [-0.15, -0.1) is 11.6 Å². The van der Waals surface area contributed by atoms with Crippen molar-refractivity contribution in [1.29, 1.82) is 0 Å². The van der Waals surface area contributed by atoms with Crippen molar-refractivity contribution < 1.29 is 8.78 Å². The molecule has 1 rings (SSSR count). The zero-order chi connectivity index (χ0) is 9.24. The van der Waals surface area contributed by atoms with Crippen molar-refractivity contribution in [1.82, 2.24) is 0 Å². The summed E-state index contributed by atoms with van der Waals surface area (Å²) in [7, 11) is 0. The predicted octanol–water partition coefficient (Wildman–Crippen LogP) is 3.83. The van der Waals surface area contributed by atoms with E-state index < -0.39 is 5.92 Å². The van der Waals surface area contributed by atoms with Crippen LogP contribution in [0.2, 0.25) is 0 Å². The average molecular weight is 197 g/mol. The summed E-state index contributed by atoms with van der Waals surface area (Å²) in [5, 5.41) is 0. The summed E-state index contributed by atoms with van der Waals surface area (Å²) in [6.45, 7) is 2.07. The molecule has 0 radical (unpaired) electrons. The van der Waals surface area contributed by atoms with Crippen LogP contribution in [-0.4, -0.2) is 11.8 Å². The third kappa shape index (κ3) is 2.09. The quantitative estimate of drug-likeness (QED) is 0.600. The molecule has 0 N–H and O–H groups in total. The minimum atomic E-state index is -2.43. The van der Waals surface area contributed by atoms with E-state index >= 15 is 0 Å². The van der Waals surface area contributed by atoms with Gasteiger partial charge in [-0.1, -0.05) is 19.8 Å². The van der Waals surface area contributed by atoms with Crippen LogP contribution in [0.15, 0.2) is 0 Å². The molecule has 0 aromatic heterocycles. The van der Waals surface area contributed by atoms with Crippen LogP contribution >= 0.6 is 11.6 Å². The molecule has 0 nitrogen and oxygen atoms in total. The van der Waals surface area contributed by atoms with E-state index in [2.05, 4.69) is 6.92 Å². The third-order valence-electron chi connectivity index (χ3n) is 2.61. The monoisotopic (exact) mass is 196 g/mol. The fourth-order valence-electron chi connectivity index (χ4n) is 1.94. The SMILES string of the molecule is CCCCC1(CCl)CC(F)(F)C1. The standard InChI is InChI=1S/C9H15ClF2/c1-2-3-4-8(7-10)5-9(11,12)6-8/h2-7H2,1H3. The fraction of sp³-hybridized carbons (Fsp3) is 1.00. The lowest BCUT2D eigenvalue weighted by Gasteiger charge is -2.46. The Hall–Kier alpha value is 0.150. The van der Waals surface area contributed by atoms with Gasteiger partial charge in [-0.3, -0.25) is 0 Å². The molecule has 0 saturated heterocycles. The van der Waals surface area contributed by atoms with Crippen molar-refractivity contribution in [2.75, 3.05) is 5.88 Å². The molecule has 0 aliphatic heterocycles. The van der Waals surface area contributed by atoms with E-state index in [1.165, 1.54) is 0 Å². The van der Waals surface area contributed by atoms with Gasteiger partial charge in [0, 0.05) is 18.7 Å². The number of alkyl halides is 3. The number of halogens is 3. The first-order valence-electron chi connectivity index (χ1n) is 4.47. The Kier molecular flexibility index (Phi) is 2.97. The summed E-state index contributed by atoms with van der Waals surface area (Å²) in [5.41, 5.74) is -0.235. The van der Waals surface area contributed by atoms with E-state index in [0.29, 0.717) is 5.88 Å². The van der Waals surface area contributed by atoms with Crippen molar-refractivity contribution in [2.24, 2.45) is 5.41 Å². The second-order valence-corrected chi connectivity index (χ2v) is 4.21. The number of hydrogen-bond acceptors (Lipinski definition) is 0. The van der Waals surface area contributed by atoms with E-state index in [0.717, 1.165) is 19.3 Å². The Morgan fingerprint density at radius 3 is 2.25 bits per heavy atom. The molecule has 0 unspecified atom stereocenters. The molecule has 1 fully saturated rings. The van der Waals surface area contributed by atoms with Gasteiger partial charge in [-0.2, -0.15) is 0 Å². The minimum absolute atomic E-state index is 0.00347. The lowest BCUT2D eigenvalue weighted by atomic mass is 9.65. The summed E-state index contributed by atoms with van der Waals surface area (Å²) in [5.74, 6) is -2.04. The average Bonchev–Trinajstić information content (AvgIpc) is 1.96. The zero-order valence-electron chi connectivity index (χ0n) is 7.38. The molecule has 3 heteroatoms. The van der Waals surface area contributed by atoms with Gasteiger partial charge in [-0.25, -0.2) is 8.78 Å². The molecule has 1 saturated carbocycles. The Labute approximate surface area is 77.3 Å². The van der Waals surface area contributed by atoms with Crippen molar-refractivity contribution in [3.05, 3.63) is 0 Å². The molecule has 0 bridgehead atoms. The van der Waals surface area contributed by atoms with Gasteiger partial charge in [0.05, 0.1) is 0 Å².